The zero-order chi connectivity index (χ0) is 20.6. The van der Waals surface area contributed by atoms with E-state index in [1.165, 1.54) is 17.3 Å². The molecule has 2 aromatic rings. The fourth-order valence-electron chi connectivity index (χ4n) is 3.00. The van der Waals surface area contributed by atoms with Crippen molar-refractivity contribution < 1.29 is 19.1 Å². The van der Waals surface area contributed by atoms with E-state index < -0.39 is 11.2 Å². The topological polar surface area (TPSA) is 84.5 Å². The summed E-state index contributed by atoms with van der Waals surface area (Å²) in [6.45, 7) is 1.58. The minimum atomic E-state index is -0.566. The fourth-order valence-corrected chi connectivity index (χ4v) is 4.09. The second-order valence-corrected chi connectivity index (χ2v) is 8.19. The quantitative estimate of drug-likeness (QED) is 0.651. The number of hydrogen-bond acceptors (Lipinski definition) is 5. The molecule has 1 aliphatic heterocycles. The first-order valence-corrected chi connectivity index (χ1v) is 10.4. The van der Waals surface area contributed by atoms with E-state index in [9.17, 15) is 14.4 Å². The molecule has 29 heavy (non-hydrogen) atoms. The maximum absolute atomic E-state index is 12.1. The van der Waals surface area contributed by atoms with Crippen LogP contribution in [0.4, 0.5) is 5.69 Å². The molecule has 2 N–H and O–H groups in total. The van der Waals surface area contributed by atoms with Crippen LogP contribution in [0.2, 0.25) is 0 Å². The van der Waals surface area contributed by atoms with Gasteiger partial charge in [0, 0.05) is 10.9 Å². The van der Waals surface area contributed by atoms with Crippen molar-refractivity contribution in [3.05, 3.63) is 60.2 Å². The number of hydrogen-bond donors (Lipinski definition) is 2. The number of para-hydroxylation sites is 1. The van der Waals surface area contributed by atoms with Crippen molar-refractivity contribution in [2.45, 2.75) is 42.4 Å². The standard InChI is InChI=1S/C22H24N2O4S/c1-15(11-12-16-7-3-2-4-8-16)23-20(25)14-28-21(26)13-19-22(27)24-17-9-5-6-10-18(17)29-19/h2-10,15,19H,11-14H2,1H3,(H,23,25)(H,24,27)/t15-,19+/m1/s1. The molecule has 7 heteroatoms. The van der Waals surface area contributed by atoms with Gasteiger partial charge in [0.2, 0.25) is 5.91 Å². The Morgan fingerprint density at radius 1 is 1.14 bits per heavy atom. The van der Waals surface area contributed by atoms with Crippen molar-refractivity contribution in [2.75, 3.05) is 11.9 Å². The van der Waals surface area contributed by atoms with Gasteiger partial charge in [-0.3, -0.25) is 14.4 Å². The summed E-state index contributed by atoms with van der Waals surface area (Å²) in [5.41, 5.74) is 1.96. The largest absolute Gasteiger partial charge is 0.456 e. The molecule has 0 radical (unpaired) electrons. The molecule has 0 spiro atoms. The van der Waals surface area contributed by atoms with Gasteiger partial charge in [-0.2, -0.15) is 0 Å². The maximum Gasteiger partial charge on any atom is 0.307 e. The normalized spacial score (nSPS) is 16.3. The number of carbonyl (C=O) groups excluding carboxylic acids is 3. The van der Waals surface area contributed by atoms with Crippen LogP contribution in [0.15, 0.2) is 59.5 Å². The van der Waals surface area contributed by atoms with Gasteiger partial charge in [0.15, 0.2) is 6.61 Å². The van der Waals surface area contributed by atoms with Crippen molar-refractivity contribution in [1.29, 1.82) is 0 Å². The zero-order valence-electron chi connectivity index (χ0n) is 16.2. The minimum Gasteiger partial charge on any atom is -0.456 e. The minimum absolute atomic E-state index is 0.0300. The summed E-state index contributed by atoms with van der Waals surface area (Å²) in [6.07, 6.45) is 1.57. The van der Waals surface area contributed by atoms with Gasteiger partial charge in [0.05, 0.1) is 17.4 Å². The Hall–Kier alpha value is -2.80. The first kappa shape index (κ1) is 20.9. The zero-order valence-corrected chi connectivity index (χ0v) is 17.0. The molecule has 0 aliphatic carbocycles. The summed E-state index contributed by atoms with van der Waals surface area (Å²) in [5.74, 6) is -1.14. The van der Waals surface area contributed by atoms with Crippen LogP contribution < -0.4 is 10.6 Å². The van der Waals surface area contributed by atoms with E-state index in [1.807, 2.05) is 61.5 Å². The molecule has 2 atom stereocenters. The lowest BCUT2D eigenvalue weighted by atomic mass is 10.1. The average molecular weight is 413 g/mol. The molecule has 2 amide bonds. The second kappa shape index (κ2) is 10.1. The monoisotopic (exact) mass is 412 g/mol. The number of anilines is 1. The molecule has 0 aromatic heterocycles. The first-order chi connectivity index (χ1) is 14.0. The Morgan fingerprint density at radius 2 is 1.86 bits per heavy atom. The number of aryl methyl sites for hydroxylation is 1. The van der Waals surface area contributed by atoms with Crippen molar-refractivity contribution in [3.63, 3.8) is 0 Å². The summed E-state index contributed by atoms with van der Waals surface area (Å²) >= 11 is 1.33. The highest BCUT2D eigenvalue weighted by Gasteiger charge is 2.29. The Labute approximate surface area is 174 Å². The highest BCUT2D eigenvalue weighted by Crippen LogP contribution is 2.36. The van der Waals surface area contributed by atoms with Crippen molar-refractivity contribution in [3.8, 4) is 0 Å². The molecule has 3 rings (SSSR count). The highest BCUT2D eigenvalue weighted by molar-refractivity contribution is 8.01. The van der Waals surface area contributed by atoms with Crippen LogP contribution in [0.1, 0.15) is 25.3 Å². The van der Waals surface area contributed by atoms with E-state index in [1.54, 1.807) is 0 Å². The first-order valence-electron chi connectivity index (χ1n) is 9.56. The number of nitrogens with one attached hydrogen (secondary N) is 2. The number of benzene rings is 2. The third-order valence-electron chi connectivity index (χ3n) is 4.54. The van der Waals surface area contributed by atoms with Gasteiger partial charge in [-0.25, -0.2) is 0 Å². The molecular formula is C22H24N2O4S. The van der Waals surface area contributed by atoms with Crippen molar-refractivity contribution in [1.82, 2.24) is 5.32 Å². The highest BCUT2D eigenvalue weighted by atomic mass is 32.2. The van der Waals surface area contributed by atoms with Crippen LogP contribution >= 0.6 is 11.8 Å². The summed E-state index contributed by atoms with van der Waals surface area (Å²) in [4.78, 5) is 37.1. The van der Waals surface area contributed by atoms with Crippen LogP contribution in [-0.2, 0) is 25.5 Å². The third-order valence-corrected chi connectivity index (χ3v) is 5.81. The van der Waals surface area contributed by atoms with Gasteiger partial charge >= 0.3 is 5.97 Å². The molecule has 2 aromatic carbocycles. The lowest BCUT2D eigenvalue weighted by molar-refractivity contribution is -0.149. The van der Waals surface area contributed by atoms with E-state index in [4.69, 9.17) is 4.74 Å². The Kier molecular flexibility index (Phi) is 7.30. The van der Waals surface area contributed by atoms with Crippen LogP contribution in [0.3, 0.4) is 0 Å². The molecule has 1 aliphatic rings. The number of esters is 1. The predicted molar refractivity (Wildman–Crippen MR) is 113 cm³/mol. The fraction of sp³-hybridized carbons (Fsp3) is 0.318. The molecule has 0 saturated heterocycles. The van der Waals surface area contributed by atoms with Gasteiger partial charge in [-0.15, -0.1) is 11.8 Å². The average Bonchev–Trinajstić information content (AvgIpc) is 2.72. The molecule has 152 valence electrons. The van der Waals surface area contributed by atoms with Gasteiger partial charge in [0.25, 0.3) is 5.91 Å². The number of ether oxygens (including phenoxy) is 1. The SMILES string of the molecule is C[C@H](CCc1ccccc1)NC(=O)COC(=O)C[C@@H]1Sc2ccccc2NC1=O. The Balaban J connectivity index is 1.37. The maximum atomic E-state index is 12.1. The van der Waals surface area contributed by atoms with E-state index in [0.717, 1.165) is 23.4 Å². The summed E-state index contributed by atoms with van der Waals surface area (Å²) in [6, 6.07) is 17.4. The number of amides is 2. The van der Waals surface area contributed by atoms with Gasteiger partial charge in [-0.1, -0.05) is 42.5 Å². The van der Waals surface area contributed by atoms with E-state index in [-0.39, 0.29) is 30.9 Å². The molecular weight excluding hydrogens is 388 g/mol. The van der Waals surface area contributed by atoms with Crippen LogP contribution in [0, 0.1) is 0 Å². The molecule has 6 nitrogen and oxygen atoms in total. The van der Waals surface area contributed by atoms with Gasteiger partial charge in [-0.05, 0) is 37.5 Å². The Bertz CT molecular complexity index is 872. The van der Waals surface area contributed by atoms with Crippen molar-refractivity contribution >= 4 is 35.2 Å². The molecule has 0 bridgehead atoms. The number of carbonyl (C=O) groups is 3. The summed E-state index contributed by atoms with van der Waals surface area (Å²) in [7, 11) is 0. The summed E-state index contributed by atoms with van der Waals surface area (Å²) in [5, 5.41) is 5.05. The molecule has 0 fully saturated rings. The lowest BCUT2D eigenvalue weighted by Gasteiger charge is -2.23. The van der Waals surface area contributed by atoms with Gasteiger partial charge in [0.1, 0.15) is 0 Å². The Morgan fingerprint density at radius 3 is 2.66 bits per heavy atom. The third kappa shape index (κ3) is 6.35. The molecule has 0 unspecified atom stereocenters. The van der Waals surface area contributed by atoms with E-state index in [0.29, 0.717) is 0 Å². The van der Waals surface area contributed by atoms with E-state index >= 15 is 0 Å². The van der Waals surface area contributed by atoms with Crippen LogP contribution in [0.5, 0.6) is 0 Å². The number of fused-ring (bicyclic) bond motifs is 1. The van der Waals surface area contributed by atoms with Crippen LogP contribution in [0.25, 0.3) is 0 Å². The predicted octanol–water partition coefficient (Wildman–Crippen LogP) is 3.17. The second-order valence-electron chi connectivity index (χ2n) is 6.95. The van der Waals surface area contributed by atoms with Crippen LogP contribution in [-0.4, -0.2) is 35.7 Å². The number of rotatable bonds is 8. The summed E-state index contributed by atoms with van der Waals surface area (Å²) < 4.78 is 5.06. The van der Waals surface area contributed by atoms with Gasteiger partial charge < -0.3 is 15.4 Å². The van der Waals surface area contributed by atoms with E-state index in [2.05, 4.69) is 10.6 Å². The molecule has 0 saturated carbocycles. The van der Waals surface area contributed by atoms with Crippen molar-refractivity contribution in [2.24, 2.45) is 0 Å². The smallest absolute Gasteiger partial charge is 0.307 e. The molecule has 1 heterocycles. The number of thioether (sulfide) groups is 1. The lowest BCUT2D eigenvalue weighted by Crippen LogP contribution is -2.37.